The van der Waals surface area contributed by atoms with Gasteiger partial charge in [0, 0.05) is 44.3 Å². The second kappa shape index (κ2) is 13.1. The van der Waals surface area contributed by atoms with E-state index in [1.165, 1.54) is 0 Å². The number of furan rings is 1. The summed E-state index contributed by atoms with van der Waals surface area (Å²) in [6.45, 7) is 0. The largest absolute Gasteiger partial charge is 0.456 e. The lowest BCUT2D eigenvalue weighted by molar-refractivity contribution is 0.669. The summed E-state index contributed by atoms with van der Waals surface area (Å²) >= 11 is 0. The highest BCUT2D eigenvalue weighted by molar-refractivity contribution is 6.19. The van der Waals surface area contributed by atoms with Crippen LogP contribution in [-0.2, 0) is 0 Å². The first-order chi connectivity index (χ1) is 27.7. The Morgan fingerprint density at radius 3 is 1.75 bits per heavy atom. The maximum atomic E-state index is 6.20. The highest BCUT2D eigenvalue weighted by Gasteiger charge is 2.18. The molecule has 0 radical (unpaired) electrons. The maximum absolute atomic E-state index is 6.20. The van der Waals surface area contributed by atoms with E-state index in [0.29, 0.717) is 0 Å². The third kappa shape index (κ3) is 5.39. The van der Waals surface area contributed by atoms with Gasteiger partial charge in [0.15, 0.2) is 0 Å². The summed E-state index contributed by atoms with van der Waals surface area (Å²) < 4.78 is 6.20. The summed E-state index contributed by atoms with van der Waals surface area (Å²) in [6.07, 6.45) is 0. The number of anilines is 3. The summed E-state index contributed by atoms with van der Waals surface area (Å²) in [4.78, 5) is 13.1. The minimum atomic E-state index is 0.872. The van der Waals surface area contributed by atoms with Crippen molar-refractivity contribution in [2.24, 2.45) is 0 Å². The monoisotopic (exact) mass is 715 g/mol. The molecule has 0 atom stereocenters. The number of aromatic nitrogens is 2. The van der Waals surface area contributed by atoms with Crippen LogP contribution in [0.2, 0.25) is 0 Å². The van der Waals surface area contributed by atoms with Crippen molar-refractivity contribution in [3.05, 3.63) is 200 Å². The zero-order valence-corrected chi connectivity index (χ0v) is 30.3. The summed E-state index contributed by atoms with van der Waals surface area (Å²) in [5.74, 6) is 0. The molecule has 0 saturated heterocycles. The molecule has 0 N–H and O–H groups in total. The summed E-state index contributed by atoms with van der Waals surface area (Å²) in [7, 11) is 0. The van der Waals surface area contributed by atoms with E-state index in [0.717, 1.165) is 105 Å². The lowest BCUT2D eigenvalue weighted by Crippen LogP contribution is -2.09. The van der Waals surface area contributed by atoms with Crippen LogP contribution in [0.15, 0.2) is 205 Å². The molecule has 0 bridgehead atoms. The Kier molecular flexibility index (Phi) is 7.46. The molecule has 0 aliphatic carbocycles. The van der Waals surface area contributed by atoms with Crippen molar-refractivity contribution in [3.63, 3.8) is 0 Å². The number of hydrogen-bond acceptors (Lipinski definition) is 4. The van der Waals surface area contributed by atoms with Gasteiger partial charge >= 0.3 is 0 Å². The molecule has 9 aromatic carbocycles. The molecule has 0 fully saturated rings. The Morgan fingerprint density at radius 2 is 0.946 bits per heavy atom. The summed E-state index contributed by atoms with van der Waals surface area (Å²) in [5, 5.41) is 6.75. The fourth-order valence-corrected chi connectivity index (χ4v) is 8.13. The van der Waals surface area contributed by atoms with E-state index in [9.17, 15) is 0 Å². The molecule has 11 aromatic rings. The normalized spacial score (nSPS) is 11.6. The van der Waals surface area contributed by atoms with Gasteiger partial charge in [-0.15, -0.1) is 0 Å². The number of fused-ring (bicyclic) bond motifs is 8. The average molecular weight is 716 g/mol. The number of para-hydroxylation sites is 2. The molecular weight excluding hydrogens is 683 g/mol. The van der Waals surface area contributed by atoms with Crippen molar-refractivity contribution >= 4 is 71.6 Å². The van der Waals surface area contributed by atoms with Crippen LogP contribution in [0.1, 0.15) is 0 Å². The van der Waals surface area contributed by atoms with Crippen LogP contribution in [0, 0.1) is 0 Å². The SMILES string of the molecule is c1ccc(-c2nc3ccc4ccc5ccc(-c6cccc(N(c7ccccc7)c7ccc8oc9ccccc9c8c7)c6)cc5c4c3nc2-c2ccccc2)cc1. The van der Waals surface area contributed by atoms with Crippen LogP contribution < -0.4 is 4.90 Å². The van der Waals surface area contributed by atoms with E-state index in [1.807, 2.05) is 24.3 Å². The van der Waals surface area contributed by atoms with Gasteiger partial charge in [0.05, 0.1) is 22.4 Å². The average Bonchev–Trinajstić information content (AvgIpc) is 3.65. The van der Waals surface area contributed by atoms with Gasteiger partial charge in [-0.3, -0.25) is 0 Å². The fraction of sp³-hybridized carbons (Fsp3) is 0. The maximum Gasteiger partial charge on any atom is 0.135 e. The van der Waals surface area contributed by atoms with Gasteiger partial charge in [-0.1, -0.05) is 140 Å². The molecule has 0 aliphatic rings. The first-order valence-corrected chi connectivity index (χ1v) is 18.9. The number of benzene rings is 9. The Labute approximate surface area is 323 Å². The van der Waals surface area contributed by atoms with Crippen molar-refractivity contribution in [2.75, 3.05) is 4.90 Å². The van der Waals surface area contributed by atoms with Crippen molar-refractivity contribution < 1.29 is 4.42 Å². The van der Waals surface area contributed by atoms with Crippen LogP contribution in [0.25, 0.3) is 88.2 Å². The molecule has 4 nitrogen and oxygen atoms in total. The van der Waals surface area contributed by atoms with Gasteiger partial charge in [0.1, 0.15) is 11.2 Å². The smallest absolute Gasteiger partial charge is 0.135 e. The van der Waals surface area contributed by atoms with Gasteiger partial charge in [-0.05, 0) is 87.9 Å². The molecule has 262 valence electrons. The topological polar surface area (TPSA) is 42.2 Å². The number of rotatable bonds is 6. The van der Waals surface area contributed by atoms with Crippen LogP contribution in [0.4, 0.5) is 17.1 Å². The van der Waals surface area contributed by atoms with Gasteiger partial charge < -0.3 is 9.32 Å². The van der Waals surface area contributed by atoms with Gasteiger partial charge in [-0.2, -0.15) is 0 Å². The molecule has 11 rings (SSSR count). The lowest BCUT2D eigenvalue weighted by atomic mass is 9.95. The minimum absolute atomic E-state index is 0.872. The molecule has 0 aliphatic heterocycles. The Balaban J connectivity index is 1.09. The molecule has 0 saturated carbocycles. The second-order valence-corrected chi connectivity index (χ2v) is 14.2. The predicted molar refractivity (Wildman–Crippen MR) is 233 cm³/mol. The molecule has 0 spiro atoms. The van der Waals surface area contributed by atoms with Gasteiger partial charge in [0.25, 0.3) is 0 Å². The number of nitrogens with zero attached hydrogens (tertiary/aromatic N) is 3. The molecule has 4 heteroatoms. The van der Waals surface area contributed by atoms with Crippen LogP contribution in [0.3, 0.4) is 0 Å². The van der Waals surface area contributed by atoms with E-state index in [1.54, 1.807) is 0 Å². The fourth-order valence-electron chi connectivity index (χ4n) is 8.13. The molecule has 0 unspecified atom stereocenters. The summed E-state index contributed by atoms with van der Waals surface area (Å²) in [5.41, 5.74) is 12.8. The Bertz CT molecular complexity index is 3250. The quantitative estimate of drug-likeness (QED) is 0.161. The highest BCUT2D eigenvalue weighted by Crippen LogP contribution is 2.41. The highest BCUT2D eigenvalue weighted by atomic mass is 16.3. The minimum Gasteiger partial charge on any atom is -0.456 e. The van der Waals surface area contributed by atoms with Crippen molar-refractivity contribution in [3.8, 4) is 33.6 Å². The van der Waals surface area contributed by atoms with Crippen LogP contribution >= 0.6 is 0 Å². The first-order valence-electron chi connectivity index (χ1n) is 18.9. The van der Waals surface area contributed by atoms with E-state index < -0.39 is 0 Å². The van der Waals surface area contributed by atoms with E-state index >= 15 is 0 Å². The third-order valence-electron chi connectivity index (χ3n) is 10.8. The van der Waals surface area contributed by atoms with Crippen molar-refractivity contribution in [2.45, 2.75) is 0 Å². The van der Waals surface area contributed by atoms with E-state index in [4.69, 9.17) is 14.4 Å². The Hall–Kier alpha value is -7.56. The van der Waals surface area contributed by atoms with Gasteiger partial charge in [0.2, 0.25) is 0 Å². The molecule has 2 aromatic heterocycles. The predicted octanol–water partition coefficient (Wildman–Crippen LogP) is 14.3. The molecular formula is C52H33N3O. The van der Waals surface area contributed by atoms with Crippen molar-refractivity contribution in [1.29, 1.82) is 0 Å². The standard InChI is InChI=1S/C52H33N3O/c1-4-13-36(14-5-1)50-51(37-15-6-2-7-16-37)54-52-46(53-50)29-27-35-25-23-34-24-26-39(32-44(34)49(35)52)38-17-12-20-41(31-38)55(40-18-8-3-9-19-40)42-28-30-48-45(33-42)43-21-10-11-22-47(43)56-48/h1-33H. The third-order valence-corrected chi connectivity index (χ3v) is 10.8. The summed E-state index contributed by atoms with van der Waals surface area (Å²) in [6, 6.07) is 70.3. The van der Waals surface area contributed by atoms with Crippen LogP contribution in [0.5, 0.6) is 0 Å². The van der Waals surface area contributed by atoms with Crippen LogP contribution in [-0.4, -0.2) is 9.97 Å². The lowest BCUT2D eigenvalue weighted by Gasteiger charge is -2.26. The van der Waals surface area contributed by atoms with Gasteiger partial charge in [-0.25, -0.2) is 9.97 Å². The molecule has 56 heavy (non-hydrogen) atoms. The second-order valence-electron chi connectivity index (χ2n) is 14.2. The van der Waals surface area contributed by atoms with E-state index in [2.05, 4.69) is 181 Å². The zero-order chi connectivity index (χ0) is 37.0. The van der Waals surface area contributed by atoms with Crippen molar-refractivity contribution in [1.82, 2.24) is 9.97 Å². The zero-order valence-electron chi connectivity index (χ0n) is 30.3. The molecule has 0 amide bonds. The Morgan fingerprint density at radius 1 is 0.357 bits per heavy atom. The first kappa shape index (κ1) is 31.9. The van der Waals surface area contributed by atoms with E-state index in [-0.39, 0.29) is 0 Å². The number of hydrogen-bond donors (Lipinski definition) is 0. The molecule has 2 heterocycles.